The Balaban J connectivity index is 1.74. The van der Waals surface area contributed by atoms with Crippen molar-refractivity contribution < 1.29 is 9.47 Å². The number of hydrogen-bond donors (Lipinski definition) is 1. The van der Waals surface area contributed by atoms with Crippen LogP contribution in [0.3, 0.4) is 0 Å². The molecule has 1 N–H and O–H groups in total. The Morgan fingerprint density at radius 3 is 2.79 bits per heavy atom. The van der Waals surface area contributed by atoms with Crippen LogP contribution in [0.15, 0.2) is 18.2 Å². The Hall–Kier alpha value is -1.10. The number of nitrogens with zero attached hydrogens (tertiary/aromatic N) is 1. The van der Waals surface area contributed by atoms with Gasteiger partial charge in [0.1, 0.15) is 5.75 Å². The van der Waals surface area contributed by atoms with Crippen LogP contribution in [0.5, 0.6) is 5.75 Å². The summed E-state index contributed by atoms with van der Waals surface area (Å²) in [4.78, 5) is 2.43. The molecule has 0 saturated carbocycles. The van der Waals surface area contributed by atoms with Crippen LogP contribution in [-0.2, 0) is 11.3 Å². The van der Waals surface area contributed by atoms with Gasteiger partial charge in [0, 0.05) is 38.3 Å². The Kier molecular flexibility index (Phi) is 5.63. The third-order valence-electron chi connectivity index (χ3n) is 3.45. The zero-order valence-electron chi connectivity index (χ0n) is 11.9. The standard InChI is InChI=1S/C15H24N2O2/c1-13-3-4-15(18-2)14(11-13)12-19-10-9-17-7-5-16-6-8-17/h3-4,11,16H,5-10,12H2,1-2H3. The molecule has 0 spiro atoms. The van der Waals surface area contributed by atoms with Crippen molar-refractivity contribution in [3.63, 3.8) is 0 Å². The SMILES string of the molecule is COc1ccc(C)cc1COCCN1CCNCC1. The highest BCUT2D eigenvalue weighted by atomic mass is 16.5. The molecule has 4 nitrogen and oxygen atoms in total. The maximum Gasteiger partial charge on any atom is 0.124 e. The van der Waals surface area contributed by atoms with Crippen LogP contribution in [0.1, 0.15) is 11.1 Å². The van der Waals surface area contributed by atoms with Crippen molar-refractivity contribution in [2.45, 2.75) is 13.5 Å². The van der Waals surface area contributed by atoms with Gasteiger partial charge in [-0.25, -0.2) is 0 Å². The van der Waals surface area contributed by atoms with Gasteiger partial charge in [0.2, 0.25) is 0 Å². The minimum Gasteiger partial charge on any atom is -0.496 e. The third-order valence-corrected chi connectivity index (χ3v) is 3.45. The zero-order valence-corrected chi connectivity index (χ0v) is 11.9. The first kappa shape index (κ1) is 14.3. The van der Waals surface area contributed by atoms with E-state index < -0.39 is 0 Å². The lowest BCUT2D eigenvalue weighted by atomic mass is 10.1. The Morgan fingerprint density at radius 1 is 1.26 bits per heavy atom. The van der Waals surface area contributed by atoms with Gasteiger partial charge in [0.15, 0.2) is 0 Å². The maximum atomic E-state index is 5.78. The summed E-state index contributed by atoms with van der Waals surface area (Å²) in [7, 11) is 1.70. The van der Waals surface area contributed by atoms with Crippen LogP contribution in [0.25, 0.3) is 0 Å². The van der Waals surface area contributed by atoms with E-state index in [2.05, 4.69) is 29.3 Å². The minimum atomic E-state index is 0.622. The van der Waals surface area contributed by atoms with Crippen molar-refractivity contribution in [1.82, 2.24) is 10.2 Å². The Morgan fingerprint density at radius 2 is 2.05 bits per heavy atom. The summed E-state index contributed by atoms with van der Waals surface area (Å²) < 4.78 is 11.1. The number of hydrogen-bond acceptors (Lipinski definition) is 4. The monoisotopic (exact) mass is 264 g/mol. The molecule has 19 heavy (non-hydrogen) atoms. The van der Waals surface area contributed by atoms with Gasteiger partial charge in [-0.05, 0) is 13.0 Å². The lowest BCUT2D eigenvalue weighted by Crippen LogP contribution is -2.44. The van der Waals surface area contributed by atoms with E-state index in [9.17, 15) is 0 Å². The summed E-state index contributed by atoms with van der Waals surface area (Å²) in [5.41, 5.74) is 2.37. The normalized spacial score (nSPS) is 16.5. The minimum absolute atomic E-state index is 0.622. The van der Waals surface area contributed by atoms with E-state index in [0.29, 0.717) is 6.61 Å². The number of nitrogens with one attached hydrogen (secondary N) is 1. The van der Waals surface area contributed by atoms with Gasteiger partial charge in [-0.1, -0.05) is 17.7 Å². The van der Waals surface area contributed by atoms with Crippen molar-refractivity contribution in [2.24, 2.45) is 0 Å². The van der Waals surface area contributed by atoms with E-state index in [4.69, 9.17) is 9.47 Å². The molecule has 1 saturated heterocycles. The van der Waals surface area contributed by atoms with Crippen LogP contribution < -0.4 is 10.1 Å². The Labute approximate surface area is 115 Å². The van der Waals surface area contributed by atoms with E-state index in [0.717, 1.165) is 50.6 Å². The molecule has 1 heterocycles. The second-order valence-electron chi connectivity index (χ2n) is 4.96. The summed E-state index contributed by atoms with van der Waals surface area (Å²) in [6.45, 7) is 8.92. The molecule has 2 rings (SSSR count). The van der Waals surface area contributed by atoms with Crippen LogP contribution in [-0.4, -0.2) is 51.3 Å². The highest BCUT2D eigenvalue weighted by molar-refractivity contribution is 5.36. The molecule has 0 aliphatic carbocycles. The van der Waals surface area contributed by atoms with Crippen molar-refractivity contribution >= 4 is 0 Å². The van der Waals surface area contributed by atoms with Gasteiger partial charge >= 0.3 is 0 Å². The molecule has 1 aromatic rings. The van der Waals surface area contributed by atoms with Gasteiger partial charge in [0.05, 0.1) is 20.3 Å². The fourth-order valence-corrected chi connectivity index (χ4v) is 2.33. The molecular weight excluding hydrogens is 240 g/mol. The maximum absolute atomic E-state index is 5.78. The van der Waals surface area contributed by atoms with Crippen molar-refractivity contribution in [3.8, 4) is 5.75 Å². The summed E-state index contributed by atoms with van der Waals surface area (Å²) in [6.07, 6.45) is 0. The van der Waals surface area contributed by atoms with Crippen LogP contribution in [0, 0.1) is 6.92 Å². The van der Waals surface area contributed by atoms with E-state index in [1.165, 1.54) is 5.56 Å². The van der Waals surface area contributed by atoms with Crippen LogP contribution in [0.4, 0.5) is 0 Å². The molecule has 0 unspecified atom stereocenters. The molecule has 4 heteroatoms. The smallest absolute Gasteiger partial charge is 0.124 e. The van der Waals surface area contributed by atoms with Crippen molar-refractivity contribution in [2.75, 3.05) is 46.4 Å². The number of benzene rings is 1. The molecule has 1 aliphatic rings. The molecule has 0 aromatic heterocycles. The number of rotatable bonds is 6. The van der Waals surface area contributed by atoms with E-state index >= 15 is 0 Å². The predicted molar refractivity (Wildman–Crippen MR) is 76.7 cm³/mol. The molecule has 1 fully saturated rings. The van der Waals surface area contributed by atoms with Crippen molar-refractivity contribution in [3.05, 3.63) is 29.3 Å². The average molecular weight is 264 g/mol. The summed E-state index contributed by atoms with van der Waals surface area (Å²) in [5.74, 6) is 0.910. The van der Waals surface area contributed by atoms with Crippen LogP contribution in [0.2, 0.25) is 0 Å². The molecule has 106 valence electrons. The quantitative estimate of drug-likeness (QED) is 0.788. The topological polar surface area (TPSA) is 33.7 Å². The van der Waals surface area contributed by atoms with Gasteiger partial charge in [-0.2, -0.15) is 0 Å². The summed E-state index contributed by atoms with van der Waals surface area (Å²) in [6, 6.07) is 6.19. The number of aryl methyl sites for hydroxylation is 1. The first-order chi connectivity index (χ1) is 9.29. The van der Waals surface area contributed by atoms with Crippen molar-refractivity contribution in [1.29, 1.82) is 0 Å². The molecule has 1 aliphatic heterocycles. The van der Waals surface area contributed by atoms with Gasteiger partial charge in [0.25, 0.3) is 0 Å². The second kappa shape index (κ2) is 7.48. The lowest BCUT2D eigenvalue weighted by Gasteiger charge is -2.26. The third kappa shape index (κ3) is 4.49. The Bertz CT molecular complexity index is 390. The largest absolute Gasteiger partial charge is 0.496 e. The summed E-state index contributed by atoms with van der Waals surface area (Å²) in [5, 5.41) is 3.35. The first-order valence-corrected chi connectivity index (χ1v) is 6.94. The fourth-order valence-electron chi connectivity index (χ4n) is 2.33. The fraction of sp³-hybridized carbons (Fsp3) is 0.600. The zero-order chi connectivity index (χ0) is 13.5. The highest BCUT2D eigenvalue weighted by Crippen LogP contribution is 2.20. The predicted octanol–water partition coefficient (Wildman–Crippen LogP) is 1.43. The number of piperazine rings is 1. The van der Waals surface area contributed by atoms with E-state index in [1.807, 2.05) is 6.07 Å². The highest BCUT2D eigenvalue weighted by Gasteiger charge is 2.09. The van der Waals surface area contributed by atoms with E-state index in [-0.39, 0.29) is 0 Å². The molecule has 0 amide bonds. The van der Waals surface area contributed by atoms with Crippen LogP contribution >= 0.6 is 0 Å². The second-order valence-corrected chi connectivity index (χ2v) is 4.96. The number of methoxy groups -OCH3 is 1. The molecule has 0 radical (unpaired) electrons. The lowest BCUT2D eigenvalue weighted by molar-refractivity contribution is 0.0874. The average Bonchev–Trinajstić information content (AvgIpc) is 2.45. The molecule has 1 aromatic carbocycles. The number of ether oxygens (including phenoxy) is 2. The van der Waals surface area contributed by atoms with Gasteiger partial charge in [-0.3, -0.25) is 4.90 Å². The van der Waals surface area contributed by atoms with Gasteiger partial charge < -0.3 is 14.8 Å². The first-order valence-electron chi connectivity index (χ1n) is 6.94. The summed E-state index contributed by atoms with van der Waals surface area (Å²) >= 11 is 0. The van der Waals surface area contributed by atoms with Gasteiger partial charge in [-0.15, -0.1) is 0 Å². The molecular formula is C15H24N2O2. The van der Waals surface area contributed by atoms with E-state index in [1.54, 1.807) is 7.11 Å². The molecule has 0 bridgehead atoms. The molecule has 0 atom stereocenters.